The number of ketones is 4. The number of hydrogen-bond acceptors (Lipinski definition) is 14. The summed E-state index contributed by atoms with van der Waals surface area (Å²) in [5, 5.41) is 16.6. The van der Waals surface area contributed by atoms with Crippen molar-refractivity contribution in [3.8, 4) is 22.3 Å². The maximum absolute atomic E-state index is 14.3. The van der Waals surface area contributed by atoms with Crippen LogP contribution in [-0.4, -0.2) is 140 Å². The van der Waals surface area contributed by atoms with Crippen LogP contribution in [0.25, 0.3) is 22.3 Å². The number of rotatable bonds is 26. The lowest BCUT2D eigenvalue weighted by Crippen LogP contribution is -2.43. The molecule has 6 aromatic carbocycles. The van der Waals surface area contributed by atoms with Crippen molar-refractivity contribution in [2.24, 2.45) is 34.0 Å². The Bertz CT molecular complexity index is 3880. The molecule has 2 saturated heterocycles. The van der Waals surface area contributed by atoms with Crippen LogP contribution in [0.4, 0.5) is 14.0 Å². The van der Waals surface area contributed by atoms with Crippen LogP contribution >= 0.6 is 23.2 Å². The summed E-state index contributed by atoms with van der Waals surface area (Å²) in [4.78, 5) is 90.7. The highest BCUT2D eigenvalue weighted by molar-refractivity contribution is 6.31. The number of halogens is 3. The number of methoxy groups -OCH3 is 2. The molecule has 13 rings (SSSR count). The lowest BCUT2D eigenvalue weighted by atomic mass is 9.84. The molecule has 19 heteroatoms. The first kappa shape index (κ1) is 74.3. The molecule has 7 atom stereocenters. The van der Waals surface area contributed by atoms with Crippen molar-refractivity contribution >= 4 is 70.4 Å². The van der Waals surface area contributed by atoms with Gasteiger partial charge < -0.3 is 29.0 Å². The number of carbonyl (C=O) groups is 6. The zero-order valence-electron chi connectivity index (χ0n) is 57.7. The van der Waals surface area contributed by atoms with E-state index in [1.54, 1.807) is 44.6 Å². The van der Waals surface area contributed by atoms with E-state index in [1.165, 1.54) is 27.1 Å². The number of nitrogens with zero attached hydrogens (tertiary/aromatic N) is 4. The highest BCUT2D eigenvalue weighted by Crippen LogP contribution is 2.48. The van der Waals surface area contributed by atoms with Crippen LogP contribution in [0.1, 0.15) is 155 Å². The summed E-state index contributed by atoms with van der Waals surface area (Å²) in [7, 11) is 3.61. The first-order valence-electron chi connectivity index (χ1n) is 34.9. The van der Waals surface area contributed by atoms with Crippen molar-refractivity contribution in [3.63, 3.8) is 0 Å². The molecule has 3 heterocycles. The smallest absolute Gasteiger partial charge is 0.410 e. The molecule has 0 aromatic heterocycles. The second-order valence-corrected chi connectivity index (χ2v) is 28.2. The Hall–Kier alpha value is -8.35. The third-order valence-electron chi connectivity index (χ3n) is 20.2. The van der Waals surface area contributed by atoms with Gasteiger partial charge in [-0.1, -0.05) is 194 Å². The molecule has 0 bridgehead atoms. The Labute approximate surface area is 596 Å². The van der Waals surface area contributed by atoms with Gasteiger partial charge in [0.15, 0.2) is 28.7 Å². The molecule has 2 amide bonds. The van der Waals surface area contributed by atoms with Crippen LogP contribution in [0.2, 0.25) is 10.0 Å². The van der Waals surface area contributed by atoms with Crippen molar-refractivity contribution in [3.05, 3.63) is 201 Å². The molecule has 3 aliphatic heterocycles. The van der Waals surface area contributed by atoms with Gasteiger partial charge >= 0.3 is 12.2 Å². The molecule has 0 radical (unpaired) electrons. The number of oxime groups is 2. The average Bonchev–Trinajstić information content (AvgIpc) is 1.62. The number of likely N-dealkylation sites (tertiary alicyclic amines) is 2. The lowest BCUT2D eigenvalue weighted by molar-refractivity contribution is -0.136. The minimum atomic E-state index is -0.883. The van der Waals surface area contributed by atoms with E-state index in [-0.39, 0.29) is 85.8 Å². The van der Waals surface area contributed by atoms with E-state index in [2.05, 4.69) is 72.3 Å². The van der Waals surface area contributed by atoms with Gasteiger partial charge in [0.25, 0.3) is 0 Å². The zero-order chi connectivity index (χ0) is 71.0. The number of benzene rings is 6. The number of carbonyl (C=O) groups excluding carboxylic acids is 6. The molecule has 4 fully saturated rings. The highest BCUT2D eigenvalue weighted by Gasteiger charge is 2.55. The number of hydrogen-bond donors (Lipinski definition) is 1. The van der Waals surface area contributed by atoms with Crippen LogP contribution in [0.5, 0.6) is 0 Å². The van der Waals surface area contributed by atoms with E-state index in [1.807, 2.05) is 73.7 Å². The molecular formula is C81H91Cl2FN4O12. The molecule has 1 N–H and O–H groups in total. The number of Topliss-reactive ketones (excluding diaryl/α,β-unsaturated/α-hetero) is 4. The van der Waals surface area contributed by atoms with Gasteiger partial charge in [-0.05, 0) is 143 Å². The summed E-state index contributed by atoms with van der Waals surface area (Å²) < 4.78 is 32.9. The Balaban J connectivity index is 0.000000189. The van der Waals surface area contributed by atoms with Gasteiger partial charge in [0, 0.05) is 86.7 Å². The quantitative estimate of drug-likeness (QED) is 0.0233. The largest absolute Gasteiger partial charge is 0.448 e. The normalized spacial score (nSPS) is 19.8. The molecule has 1 spiro atoms. The van der Waals surface area contributed by atoms with Gasteiger partial charge in [-0.2, -0.15) is 0 Å². The maximum atomic E-state index is 14.3. The minimum Gasteiger partial charge on any atom is -0.448 e. The molecule has 7 aliphatic rings. The highest BCUT2D eigenvalue weighted by atomic mass is 35.5. The van der Waals surface area contributed by atoms with Gasteiger partial charge in [0.1, 0.15) is 25.4 Å². The first-order valence-corrected chi connectivity index (χ1v) is 35.7. The van der Waals surface area contributed by atoms with Crippen LogP contribution < -0.4 is 0 Å². The van der Waals surface area contributed by atoms with Crippen molar-refractivity contribution in [2.75, 3.05) is 47.7 Å². The summed E-state index contributed by atoms with van der Waals surface area (Å²) >= 11 is 11.9. The molecule has 4 aliphatic carbocycles. The fourth-order valence-corrected chi connectivity index (χ4v) is 15.5. The van der Waals surface area contributed by atoms with Crippen molar-refractivity contribution < 1.29 is 62.1 Å². The summed E-state index contributed by atoms with van der Waals surface area (Å²) in [5.74, 6) is 0.236. The predicted molar refractivity (Wildman–Crippen MR) is 386 cm³/mol. The molecular weight excluding hydrogens is 1310 g/mol. The Morgan fingerprint density at radius 2 is 1.09 bits per heavy atom. The second-order valence-electron chi connectivity index (χ2n) is 27.3. The third kappa shape index (κ3) is 18.0. The predicted octanol–water partition coefficient (Wildman–Crippen LogP) is 17.0. The Morgan fingerprint density at radius 1 is 0.640 bits per heavy atom. The standard InChI is InChI=1S/C40H43ClN2O6.C33H39NO5.C7H6ClNO.CH3F/c1-3-9-27(38(47-2)37(45)18-25-16-17-25)20-36(44)35-22-40(21-34(42-49-40)26-10-8-11-28(41)19-26)24-43(35)39(46)48-23-33-31-14-6-4-12-29(31)30-13-5-7-15-32(30)33;1-4-9-23(32(38-3)31(36)17-22-14-15-22)18-30(35)29-16-21(2)19-34(29)33(37)39-20-28-26-12-7-5-10-24(26)25-11-6-8-13-27(25)28;8-7-3-1-2-6(4-7)5-9-10;1-2/h4-8,10-15,19,25,27,33,35,38H,3,9,16-18,20-24H2,1-2H3;5-8,10-13,22-23,28-29,32H,2,4,9,14-20H2,1,3H3;1-5,10H;1H3/t27-,35-,38?,40+;23-,29-,32?;;/m00../s1. The van der Waals surface area contributed by atoms with Gasteiger partial charge in [-0.15, -0.1) is 0 Å². The van der Waals surface area contributed by atoms with Gasteiger partial charge in [-0.25, -0.2) is 9.59 Å². The minimum absolute atomic E-state index is 0.0461. The monoisotopic (exact) mass is 1400 g/mol. The third-order valence-corrected chi connectivity index (χ3v) is 20.7. The fraction of sp³-hybridized carbons (Fsp3) is 0.432. The lowest BCUT2D eigenvalue weighted by Gasteiger charge is -2.28. The van der Waals surface area contributed by atoms with E-state index in [4.69, 9.17) is 52.2 Å². The first-order chi connectivity index (χ1) is 48.5. The number of ether oxygens (including phenoxy) is 4. The Morgan fingerprint density at radius 3 is 1.53 bits per heavy atom. The van der Waals surface area contributed by atoms with Crippen LogP contribution in [0.15, 0.2) is 168 Å². The Kier molecular flexibility index (Phi) is 25.9. The topological polar surface area (TPSA) is 200 Å². The molecule has 6 aromatic rings. The number of alkyl halides is 1. The fourth-order valence-electron chi connectivity index (χ4n) is 15.1. The second kappa shape index (κ2) is 34.8. The summed E-state index contributed by atoms with van der Waals surface area (Å²) in [6.45, 7) is 8.97. The molecule has 100 heavy (non-hydrogen) atoms. The van der Waals surface area contributed by atoms with E-state index >= 15 is 0 Å². The summed E-state index contributed by atoms with van der Waals surface area (Å²) in [6, 6.07) is 45.9. The molecule has 528 valence electrons. The number of fused-ring (bicyclic) bond motifs is 6. The van der Waals surface area contributed by atoms with Crippen molar-refractivity contribution in [1.82, 2.24) is 9.80 Å². The summed E-state index contributed by atoms with van der Waals surface area (Å²) in [5.41, 5.74) is 11.4. The van der Waals surface area contributed by atoms with E-state index < -0.39 is 42.1 Å². The van der Waals surface area contributed by atoms with E-state index in [0.29, 0.717) is 67.7 Å². The van der Waals surface area contributed by atoms with Crippen molar-refractivity contribution in [2.45, 2.75) is 152 Å². The molecule has 2 saturated carbocycles. The summed E-state index contributed by atoms with van der Waals surface area (Å²) in [6.07, 6.45) is 8.88. The van der Waals surface area contributed by atoms with Crippen LogP contribution in [-0.2, 0) is 43.0 Å². The average molecular weight is 1400 g/mol. The maximum Gasteiger partial charge on any atom is 0.410 e. The molecule has 2 unspecified atom stereocenters. The SMILES string of the molecule is C=C1C[C@@H](C(=O)C[C@H](CCC)C(OC)C(=O)CC2CC2)N(C(=O)OCC2c3ccccc3-c3ccccc32)C1.CCC[C@@H](CC(=O)[C@@H]1C[C@]2(CC(c3cccc(Cl)c3)=NO2)CN1C(=O)OCC1c2ccccc2-c2ccccc21)C(OC)C(=O)CC1CC1.CF.ON=Cc1cccc(Cl)c1. The zero-order valence-corrected chi connectivity index (χ0v) is 59.2. The van der Waals surface area contributed by atoms with Crippen LogP contribution in [0.3, 0.4) is 0 Å². The molecule has 16 nitrogen and oxygen atoms in total. The van der Waals surface area contributed by atoms with Crippen molar-refractivity contribution in [1.29, 1.82) is 0 Å². The number of amides is 2. The van der Waals surface area contributed by atoms with E-state index in [0.717, 1.165) is 101 Å². The van der Waals surface area contributed by atoms with Crippen LogP contribution in [0, 0.1) is 23.7 Å². The van der Waals surface area contributed by atoms with E-state index in [9.17, 15) is 33.2 Å². The van der Waals surface area contributed by atoms with Gasteiger partial charge in [-0.3, -0.25) is 33.4 Å². The van der Waals surface area contributed by atoms with Gasteiger partial charge in [0.05, 0.1) is 37.7 Å². The van der Waals surface area contributed by atoms with Gasteiger partial charge in [0.2, 0.25) is 0 Å².